The second-order valence-electron chi connectivity index (χ2n) is 1.62. The molecule has 0 aliphatic heterocycles. The lowest BCUT2D eigenvalue weighted by Gasteiger charge is -1.92. The molecular formula is C6H7Cl2NO. The zero-order chi connectivity index (χ0) is 6.69. The second-order valence-corrected chi connectivity index (χ2v) is 2.06. The topological polar surface area (TPSA) is 33.1 Å². The number of rotatable bonds is 1. The molecule has 0 aliphatic carbocycles. The lowest BCUT2D eigenvalue weighted by atomic mass is 10.4. The summed E-state index contributed by atoms with van der Waals surface area (Å²) in [7, 11) is 0. The van der Waals surface area contributed by atoms with Crippen LogP contribution in [0.4, 0.5) is 0 Å². The highest BCUT2D eigenvalue weighted by atomic mass is 35.5. The Bertz CT molecular complexity index is 205. The van der Waals surface area contributed by atoms with Gasteiger partial charge in [0.15, 0.2) is 0 Å². The SMILES string of the molecule is Cl.OCc1cc(Cl)ccn1. The fourth-order valence-corrected chi connectivity index (χ4v) is 0.718. The average molecular weight is 180 g/mol. The highest BCUT2D eigenvalue weighted by Gasteiger charge is 1.90. The molecule has 2 nitrogen and oxygen atoms in total. The Morgan fingerprint density at radius 2 is 2.30 bits per heavy atom. The third-order valence-electron chi connectivity index (χ3n) is 0.941. The maximum Gasteiger partial charge on any atom is 0.0853 e. The number of hydrogen-bond acceptors (Lipinski definition) is 2. The van der Waals surface area contributed by atoms with Crippen molar-refractivity contribution >= 4 is 24.0 Å². The second kappa shape index (κ2) is 4.50. The average Bonchev–Trinajstić information content (AvgIpc) is 1.88. The van der Waals surface area contributed by atoms with E-state index in [9.17, 15) is 0 Å². The molecule has 0 spiro atoms. The third-order valence-corrected chi connectivity index (χ3v) is 1.18. The summed E-state index contributed by atoms with van der Waals surface area (Å²) in [5.41, 5.74) is 0.600. The van der Waals surface area contributed by atoms with Crippen molar-refractivity contribution in [3.63, 3.8) is 0 Å². The van der Waals surface area contributed by atoms with Gasteiger partial charge in [-0.3, -0.25) is 4.98 Å². The van der Waals surface area contributed by atoms with Crippen LogP contribution < -0.4 is 0 Å². The molecule has 0 aromatic carbocycles. The first-order chi connectivity index (χ1) is 4.33. The van der Waals surface area contributed by atoms with Crippen LogP contribution in [0.25, 0.3) is 0 Å². The minimum atomic E-state index is -0.0550. The van der Waals surface area contributed by atoms with Crippen molar-refractivity contribution in [1.82, 2.24) is 4.98 Å². The van der Waals surface area contributed by atoms with Gasteiger partial charge in [-0.05, 0) is 12.1 Å². The molecule has 0 saturated carbocycles. The number of aliphatic hydroxyl groups excluding tert-OH is 1. The van der Waals surface area contributed by atoms with E-state index in [4.69, 9.17) is 16.7 Å². The molecule has 0 bridgehead atoms. The fourth-order valence-electron chi connectivity index (χ4n) is 0.535. The number of aromatic nitrogens is 1. The van der Waals surface area contributed by atoms with E-state index in [1.54, 1.807) is 18.3 Å². The van der Waals surface area contributed by atoms with Crippen molar-refractivity contribution in [2.45, 2.75) is 6.61 Å². The van der Waals surface area contributed by atoms with Gasteiger partial charge in [-0.25, -0.2) is 0 Å². The monoisotopic (exact) mass is 179 g/mol. The van der Waals surface area contributed by atoms with E-state index in [-0.39, 0.29) is 19.0 Å². The van der Waals surface area contributed by atoms with Gasteiger partial charge >= 0.3 is 0 Å². The summed E-state index contributed by atoms with van der Waals surface area (Å²) in [5, 5.41) is 9.15. The van der Waals surface area contributed by atoms with Crippen LogP contribution in [0.5, 0.6) is 0 Å². The summed E-state index contributed by atoms with van der Waals surface area (Å²) in [5.74, 6) is 0. The van der Waals surface area contributed by atoms with Crippen LogP contribution >= 0.6 is 24.0 Å². The molecule has 56 valence electrons. The maximum absolute atomic E-state index is 8.54. The normalized spacial score (nSPS) is 8.60. The van der Waals surface area contributed by atoms with Gasteiger partial charge < -0.3 is 5.11 Å². The zero-order valence-electron chi connectivity index (χ0n) is 5.12. The molecule has 0 atom stereocenters. The fraction of sp³-hybridized carbons (Fsp3) is 0.167. The van der Waals surface area contributed by atoms with E-state index in [0.717, 1.165) is 0 Å². The van der Waals surface area contributed by atoms with Gasteiger partial charge in [-0.1, -0.05) is 11.6 Å². The Hall–Kier alpha value is -0.310. The van der Waals surface area contributed by atoms with Crippen LogP contribution in [-0.2, 0) is 6.61 Å². The van der Waals surface area contributed by atoms with Gasteiger partial charge in [0.05, 0.1) is 12.3 Å². The summed E-state index contributed by atoms with van der Waals surface area (Å²) in [6.45, 7) is -0.0550. The predicted molar refractivity (Wildman–Crippen MR) is 42.4 cm³/mol. The molecule has 4 heteroatoms. The molecular weight excluding hydrogens is 173 g/mol. The number of nitrogens with zero attached hydrogens (tertiary/aromatic N) is 1. The Balaban J connectivity index is 0.000000810. The van der Waals surface area contributed by atoms with Crippen LogP contribution in [0.3, 0.4) is 0 Å². The number of pyridine rings is 1. The molecule has 0 radical (unpaired) electrons. The van der Waals surface area contributed by atoms with Gasteiger partial charge in [0.1, 0.15) is 0 Å². The van der Waals surface area contributed by atoms with Crippen LogP contribution in [0, 0.1) is 0 Å². The maximum atomic E-state index is 8.54. The van der Waals surface area contributed by atoms with E-state index in [1.165, 1.54) is 0 Å². The van der Waals surface area contributed by atoms with Crippen LogP contribution in [0.1, 0.15) is 5.69 Å². The van der Waals surface area contributed by atoms with Crippen molar-refractivity contribution in [2.75, 3.05) is 0 Å². The zero-order valence-corrected chi connectivity index (χ0v) is 6.69. The molecule has 1 heterocycles. The third kappa shape index (κ3) is 2.52. The molecule has 0 unspecified atom stereocenters. The van der Waals surface area contributed by atoms with Gasteiger partial charge in [-0.15, -0.1) is 12.4 Å². The number of hydrogen-bond donors (Lipinski definition) is 1. The Morgan fingerprint density at radius 3 is 2.70 bits per heavy atom. The highest BCUT2D eigenvalue weighted by molar-refractivity contribution is 6.30. The summed E-state index contributed by atoms with van der Waals surface area (Å²) >= 11 is 5.57. The standard InChI is InChI=1S/C6H6ClNO.ClH/c7-5-1-2-8-6(3-5)4-9;/h1-3,9H,4H2;1H. The van der Waals surface area contributed by atoms with E-state index in [1.807, 2.05) is 0 Å². The van der Waals surface area contributed by atoms with E-state index >= 15 is 0 Å². The van der Waals surface area contributed by atoms with E-state index in [0.29, 0.717) is 10.7 Å². The first kappa shape index (κ1) is 9.69. The van der Waals surface area contributed by atoms with Crippen LogP contribution in [0.15, 0.2) is 18.3 Å². The Labute approximate surface area is 70.3 Å². The summed E-state index contributed by atoms with van der Waals surface area (Å²) in [6, 6.07) is 3.29. The van der Waals surface area contributed by atoms with Gasteiger partial charge in [0.25, 0.3) is 0 Å². The summed E-state index contributed by atoms with van der Waals surface area (Å²) in [6.07, 6.45) is 1.56. The molecule has 0 amide bonds. The molecule has 0 aliphatic rings. The smallest absolute Gasteiger partial charge is 0.0853 e. The molecule has 10 heavy (non-hydrogen) atoms. The van der Waals surface area contributed by atoms with Crippen molar-refractivity contribution in [3.8, 4) is 0 Å². The van der Waals surface area contributed by atoms with Crippen molar-refractivity contribution in [3.05, 3.63) is 29.0 Å². The highest BCUT2D eigenvalue weighted by Crippen LogP contribution is 2.06. The summed E-state index contributed by atoms with van der Waals surface area (Å²) in [4.78, 5) is 3.82. The molecule has 0 saturated heterocycles. The van der Waals surface area contributed by atoms with Crippen molar-refractivity contribution in [1.29, 1.82) is 0 Å². The largest absolute Gasteiger partial charge is 0.390 e. The van der Waals surface area contributed by atoms with E-state index < -0.39 is 0 Å². The van der Waals surface area contributed by atoms with Crippen molar-refractivity contribution in [2.24, 2.45) is 0 Å². The Kier molecular flexibility index (Phi) is 4.36. The molecule has 0 fully saturated rings. The number of aliphatic hydroxyl groups is 1. The number of halogens is 2. The predicted octanol–water partition coefficient (Wildman–Crippen LogP) is 1.65. The molecule has 1 aromatic heterocycles. The van der Waals surface area contributed by atoms with E-state index in [2.05, 4.69) is 4.98 Å². The van der Waals surface area contributed by atoms with Gasteiger partial charge in [0, 0.05) is 11.2 Å². The molecule has 1 N–H and O–H groups in total. The van der Waals surface area contributed by atoms with Crippen molar-refractivity contribution < 1.29 is 5.11 Å². The first-order valence-corrected chi connectivity index (χ1v) is 2.92. The Morgan fingerprint density at radius 1 is 1.60 bits per heavy atom. The van der Waals surface area contributed by atoms with Gasteiger partial charge in [0.2, 0.25) is 0 Å². The minimum Gasteiger partial charge on any atom is -0.390 e. The van der Waals surface area contributed by atoms with Crippen LogP contribution in [-0.4, -0.2) is 10.1 Å². The first-order valence-electron chi connectivity index (χ1n) is 2.54. The lowest BCUT2D eigenvalue weighted by molar-refractivity contribution is 0.277. The quantitative estimate of drug-likeness (QED) is 0.712. The van der Waals surface area contributed by atoms with Gasteiger partial charge in [-0.2, -0.15) is 0 Å². The van der Waals surface area contributed by atoms with Crippen LogP contribution in [0.2, 0.25) is 5.02 Å². The molecule has 1 rings (SSSR count). The lowest BCUT2D eigenvalue weighted by Crippen LogP contribution is -1.85. The minimum absolute atomic E-state index is 0. The summed E-state index contributed by atoms with van der Waals surface area (Å²) < 4.78 is 0. The molecule has 1 aromatic rings.